The molecule has 2 N–H and O–H groups in total. The van der Waals surface area contributed by atoms with E-state index < -0.39 is 23.9 Å². The van der Waals surface area contributed by atoms with Crippen LogP contribution >= 0.6 is 0 Å². The molecule has 6 heteroatoms. The fourth-order valence-electron chi connectivity index (χ4n) is 5.32. The average Bonchev–Trinajstić information content (AvgIpc) is 3.10. The van der Waals surface area contributed by atoms with Crippen molar-refractivity contribution in [3.8, 4) is 5.75 Å². The van der Waals surface area contributed by atoms with Crippen molar-refractivity contribution < 1.29 is 24.5 Å². The zero-order chi connectivity index (χ0) is 24.1. The Morgan fingerprint density at radius 2 is 1.71 bits per heavy atom. The average molecular weight is 464 g/mol. The second-order valence-corrected chi connectivity index (χ2v) is 9.19. The Balaban J connectivity index is 1.64. The number of carbonyl (C=O) groups is 2. The first-order valence-corrected chi connectivity index (χ1v) is 12.1. The third-order valence-electron chi connectivity index (χ3n) is 7.00. The lowest BCUT2D eigenvalue weighted by Gasteiger charge is -2.36. The van der Waals surface area contributed by atoms with Crippen LogP contribution in [0.1, 0.15) is 38.2 Å². The van der Waals surface area contributed by atoms with Crippen LogP contribution < -0.4 is 4.74 Å². The first-order chi connectivity index (χ1) is 16.5. The summed E-state index contributed by atoms with van der Waals surface area (Å²) in [6.45, 7) is 2.18. The molecule has 180 valence electrons. The molecule has 6 nitrogen and oxygen atoms in total. The van der Waals surface area contributed by atoms with Crippen LogP contribution in [-0.2, 0) is 16.1 Å². The number of ether oxygens (including phenoxy) is 1. The number of aliphatic hydroxyl groups is 2. The van der Waals surface area contributed by atoms with Gasteiger partial charge in [-0.2, -0.15) is 0 Å². The van der Waals surface area contributed by atoms with Crippen molar-refractivity contribution in [1.82, 2.24) is 4.90 Å². The standard InChI is InChI=1S/C28H33NO5/c1-2-3-14-24(31)25-20(18-34-21-12-8-5-9-13-21)15-22-26(23(25)17-30)28(33)29(27(22)32)16-19-10-6-4-7-11-19/h4-13,22-24,26,30-31H,2-3,14-18H2,1H3/t22-,23+,24-,26-/m1/s1. The zero-order valence-electron chi connectivity index (χ0n) is 19.6. The monoisotopic (exact) mass is 463 g/mol. The molecule has 0 spiro atoms. The Hall–Kier alpha value is -2.96. The van der Waals surface area contributed by atoms with Gasteiger partial charge in [-0.15, -0.1) is 0 Å². The van der Waals surface area contributed by atoms with Gasteiger partial charge in [0, 0.05) is 5.92 Å². The van der Waals surface area contributed by atoms with E-state index in [1.807, 2.05) is 60.7 Å². The molecule has 1 fully saturated rings. The molecule has 4 rings (SSSR count). The molecule has 1 aliphatic carbocycles. The highest BCUT2D eigenvalue weighted by atomic mass is 16.5. The second kappa shape index (κ2) is 11.0. The molecular formula is C28H33NO5. The summed E-state index contributed by atoms with van der Waals surface area (Å²) in [6.07, 6.45) is 1.88. The van der Waals surface area contributed by atoms with Gasteiger partial charge in [-0.3, -0.25) is 14.5 Å². The number of hydrogen-bond donors (Lipinski definition) is 2. The van der Waals surface area contributed by atoms with Crippen molar-refractivity contribution in [2.75, 3.05) is 13.2 Å². The van der Waals surface area contributed by atoms with Crippen LogP contribution in [0.4, 0.5) is 0 Å². The van der Waals surface area contributed by atoms with E-state index in [2.05, 4.69) is 6.92 Å². The van der Waals surface area contributed by atoms with Crippen molar-refractivity contribution in [2.45, 2.75) is 45.3 Å². The Bertz CT molecular complexity index is 1020. The fraction of sp³-hybridized carbons (Fsp3) is 0.429. The predicted molar refractivity (Wildman–Crippen MR) is 129 cm³/mol. The molecule has 2 aliphatic rings. The minimum absolute atomic E-state index is 0.211. The van der Waals surface area contributed by atoms with Crippen LogP contribution in [0.25, 0.3) is 0 Å². The molecule has 0 aromatic heterocycles. The van der Waals surface area contributed by atoms with Crippen LogP contribution in [0.2, 0.25) is 0 Å². The van der Waals surface area contributed by atoms with Gasteiger partial charge in [0.1, 0.15) is 12.4 Å². The molecule has 0 bridgehead atoms. The molecule has 1 saturated heterocycles. The Labute approximate surface area is 200 Å². The molecule has 1 aliphatic heterocycles. The predicted octanol–water partition coefficient (Wildman–Crippen LogP) is 3.73. The summed E-state index contributed by atoms with van der Waals surface area (Å²) in [6, 6.07) is 18.8. The molecule has 0 unspecified atom stereocenters. The van der Waals surface area contributed by atoms with Gasteiger partial charge in [-0.05, 0) is 41.7 Å². The maximum atomic E-state index is 13.5. The number of carbonyl (C=O) groups excluding carboxylic acids is 2. The normalized spacial score (nSPS) is 23.3. The largest absolute Gasteiger partial charge is 0.489 e. The number of rotatable bonds is 10. The maximum Gasteiger partial charge on any atom is 0.234 e. The number of nitrogens with zero attached hydrogens (tertiary/aromatic N) is 1. The summed E-state index contributed by atoms with van der Waals surface area (Å²) in [5.74, 6) is -1.59. The summed E-state index contributed by atoms with van der Waals surface area (Å²) in [7, 11) is 0. The van der Waals surface area contributed by atoms with E-state index in [9.17, 15) is 19.8 Å². The van der Waals surface area contributed by atoms with Crippen LogP contribution in [0.3, 0.4) is 0 Å². The quantitative estimate of drug-likeness (QED) is 0.414. The lowest BCUT2D eigenvalue weighted by molar-refractivity contribution is -0.140. The Kier molecular flexibility index (Phi) is 7.80. The first-order valence-electron chi connectivity index (χ1n) is 12.1. The number of hydrogen-bond acceptors (Lipinski definition) is 5. The van der Waals surface area contributed by atoms with Gasteiger partial charge in [-0.1, -0.05) is 68.3 Å². The van der Waals surface area contributed by atoms with Crippen molar-refractivity contribution in [1.29, 1.82) is 0 Å². The molecule has 4 atom stereocenters. The number of para-hydroxylation sites is 1. The van der Waals surface area contributed by atoms with E-state index in [0.717, 1.165) is 24.0 Å². The summed E-state index contributed by atoms with van der Waals surface area (Å²) >= 11 is 0. The number of aliphatic hydroxyl groups excluding tert-OH is 2. The van der Waals surface area contributed by atoms with Gasteiger partial charge in [-0.25, -0.2) is 0 Å². The van der Waals surface area contributed by atoms with Crippen LogP contribution in [0.5, 0.6) is 5.75 Å². The Morgan fingerprint density at radius 1 is 1.03 bits per heavy atom. The third-order valence-corrected chi connectivity index (χ3v) is 7.00. The molecule has 2 aromatic rings. The lowest BCUT2D eigenvalue weighted by atomic mass is 9.68. The van der Waals surface area contributed by atoms with E-state index in [1.165, 1.54) is 4.90 Å². The van der Waals surface area contributed by atoms with Gasteiger partial charge < -0.3 is 14.9 Å². The van der Waals surface area contributed by atoms with Crippen LogP contribution in [0.15, 0.2) is 71.8 Å². The number of fused-ring (bicyclic) bond motifs is 1. The number of benzene rings is 2. The molecule has 0 saturated carbocycles. The summed E-state index contributed by atoms with van der Waals surface area (Å²) in [5.41, 5.74) is 2.37. The van der Waals surface area contributed by atoms with Crippen molar-refractivity contribution in [2.24, 2.45) is 17.8 Å². The number of unbranched alkanes of at least 4 members (excludes halogenated alkanes) is 1. The molecule has 2 aromatic carbocycles. The van der Waals surface area contributed by atoms with Gasteiger partial charge in [0.2, 0.25) is 11.8 Å². The third kappa shape index (κ3) is 4.93. The SMILES string of the molecule is CCCC[C@@H](O)C1=C(COc2ccccc2)C[C@H]2C(=O)N(Cc3ccccc3)C(=O)[C@H]2[C@H]1CO. The van der Waals surface area contributed by atoms with E-state index in [0.29, 0.717) is 24.2 Å². The van der Waals surface area contributed by atoms with Crippen molar-refractivity contribution in [3.63, 3.8) is 0 Å². The van der Waals surface area contributed by atoms with Crippen molar-refractivity contribution in [3.05, 3.63) is 77.4 Å². The fourth-order valence-corrected chi connectivity index (χ4v) is 5.32. The minimum Gasteiger partial charge on any atom is -0.489 e. The highest BCUT2D eigenvalue weighted by Crippen LogP contribution is 2.46. The highest BCUT2D eigenvalue weighted by Gasteiger charge is 2.54. The molecular weight excluding hydrogens is 430 g/mol. The number of imide groups is 1. The van der Waals surface area contributed by atoms with E-state index in [4.69, 9.17) is 4.74 Å². The van der Waals surface area contributed by atoms with E-state index in [1.54, 1.807) is 0 Å². The summed E-state index contributed by atoms with van der Waals surface area (Å²) in [4.78, 5) is 28.2. The highest BCUT2D eigenvalue weighted by molar-refractivity contribution is 6.05. The Morgan fingerprint density at radius 3 is 2.35 bits per heavy atom. The maximum absolute atomic E-state index is 13.5. The summed E-state index contributed by atoms with van der Waals surface area (Å²) in [5, 5.41) is 21.5. The van der Waals surface area contributed by atoms with Gasteiger partial charge in [0.25, 0.3) is 0 Å². The zero-order valence-corrected chi connectivity index (χ0v) is 19.6. The van der Waals surface area contributed by atoms with Crippen LogP contribution in [0, 0.1) is 17.8 Å². The van der Waals surface area contributed by atoms with E-state index in [-0.39, 0.29) is 31.6 Å². The molecule has 1 heterocycles. The number of likely N-dealkylation sites (tertiary alicyclic amines) is 1. The van der Waals surface area contributed by atoms with E-state index >= 15 is 0 Å². The topological polar surface area (TPSA) is 87.1 Å². The molecule has 0 radical (unpaired) electrons. The lowest BCUT2D eigenvalue weighted by Crippen LogP contribution is -2.40. The second-order valence-electron chi connectivity index (χ2n) is 9.19. The smallest absolute Gasteiger partial charge is 0.234 e. The van der Waals surface area contributed by atoms with Gasteiger partial charge in [0.05, 0.1) is 31.1 Å². The minimum atomic E-state index is -0.779. The van der Waals surface area contributed by atoms with Crippen LogP contribution in [-0.4, -0.2) is 46.2 Å². The van der Waals surface area contributed by atoms with Gasteiger partial charge in [0.15, 0.2) is 0 Å². The summed E-state index contributed by atoms with van der Waals surface area (Å²) < 4.78 is 6.00. The van der Waals surface area contributed by atoms with Gasteiger partial charge >= 0.3 is 0 Å². The first kappa shape index (κ1) is 24.2. The van der Waals surface area contributed by atoms with Crippen molar-refractivity contribution >= 4 is 11.8 Å². The molecule has 2 amide bonds. The molecule has 34 heavy (non-hydrogen) atoms. The number of amides is 2.